The number of benzene rings is 2. The summed E-state index contributed by atoms with van der Waals surface area (Å²) in [4.78, 5) is 51.3. The van der Waals surface area contributed by atoms with Crippen LogP contribution in [0, 0.1) is 5.92 Å². The molecule has 1 N–H and O–H groups in total. The molecule has 3 rings (SSSR count). The molecule has 2 amide bonds. The second-order valence-corrected chi connectivity index (χ2v) is 8.31. The molecule has 0 spiro atoms. The second-order valence-electron chi connectivity index (χ2n) is 7.46. The lowest BCUT2D eigenvalue weighted by atomic mass is 10.1. The van der Waals surface area contributed by atoms with Crippen molar-refractivity contribution in [2.45, 2.75) is 25.2 Å². The molecule has 1 atom stereocenters. The van der Waals surface area contributed by atoms with E-state index in [1.165, 1.54) is 23.6 Å². The number of carbonyl (C=O) groups excluding carboxylic acids is 4. The molecular weight excluding hydrogens is 444 g/mol. The van der Waals surface area contributed by atoms with Crippen molar-refractivity contribution in [3.8, 4) is 5.75 Å². The van der Waals surface area contributed by atoms with E-state index in [1.807, 2.05) is 13.2 Å². The van der Waals surface area contributed by atoms with Gasteiger partial charge in [-0.1, -0.05) is 6.07 Å². The van der Waals surface area contributed by atoms with Gasteiger partial charge in [0.15, 0.2) is 12.4 Å². The molecule has 2 aromatic carbocycles. The van der Waals surface area contributed by atoms with Crippen LogP contribution in [0.4, 0.5) is 11.4 Å². The number of nitrogens with zero attached hydrogens (tertiary/aromatic N) is 1. The normalized spacial score (nSPS) is 15.3. The minimum absolute atomic E-state index is 0.0231. The Bertz CT molecular complexity index is 1050. The predicted molar refractivity (Wildman–Crippen MR) is 126 cm³/mol. The number of ether oxygens (including phenoxy) is 2. The second kappa shape index (κ2) is 11.0. The number of amides is 2. The van der Waals surface area contributed by atoms with Gasteiger partial charge in [-0.3, -0.25) is 19.2 Å². The summed E-state index contributed by atoms with van der Waals surface area (Å²) in [6.07, 6.45) is 1.89. The number of nitrogens with one attached hydrogen (secondary N) is 1. The number of anilines is 2. The first-order chi connectivity index (χ1) is 15.8. The van der Waals surface area contributed by atoms with Gasteiger partial charge < -0.3 is 19.7 Å². The van der Waals surface area contributed by atoms with E-state index in [2.05, 4.69) is 5.32 Å². The Morgan fingerprint density at radius 3 is 2.52 bits per heavy atom. The van der Waals surface area contributed by atoms with Gasteiger partial charge in [-0.2, -0.15) is 0 Å². The summed E-state index contributed by atoms with van der Waals surface area (Å²) in [6.45, 7) is 3.57. The van der Waals surface area contributed by atoms with Crippen molar-refractivity contribution in [3.63, 3.8) is 0 Å². The number of ketones is 1. The maximum Gasteiger partial charge on any atom is 0.311 e. The minimum atomic E-state index is -0.648. The average Bonchev–Trinajstić information content (AvgIpc) is 3.19. The van der Waals surface area contributed by atoms with Crippen LogP contribution in [0.25, 0.3) is 0 Å². The number of carbonyl (C=O) groups is 4. The summed E-state index contributed by atoms with van der Waals surface area (Å²) >= 11 is 1.44. The Balaban J connectivity index is 1.59. The van der Waals surface area contributed by atoms with Gasteiger partial charge in [0.2, 0.25) is 11.8 Å². The highest BCUT2D eigenvalue weighted by atomic mass is 32.2. The van der Waals surface area contributed by atoms with E-state index in [1.54, 1.807) is 42.5 Å². The van der Waals surface area contributed by atoms with Gasteiger partial charge in [0.05, 0.1) is 18.2 Å². The summed E-state index contributed by atoms with van der Waals surface area (Å²) < 4.78 is 10.6. The summed E-state index contributed by atoms with van der Waals surface area (Å²) in [7, 11) is 0. The third kappa shape index (κ3) is 6.13. The van der Waals surface area contributed by atoms with Gasteiger partial charge in [-0.15, -0.1) is 11.8 Å². The van der Waals surface area contributed by atoms with Gasteiger partial charge in [-0.25, -0.2) is 0 Å². The molecule has 0 aromatic heterocycles. The van der Waals surface area contributed by atoms with E-state index < -0.39 is 24.3 Å². The van der Waals surface area contributed by atoms with Crippen LogP contribution < -0.4 is 15.0 Å². The van der Waals surface area contributed by atoms with E-state index in [9.17, 15) is 19.2 Å². The fourth-order valence-corrected chi connectivity index (χ4v) is 4.04. The van der Waals surface area contributed by atoms with Crippen molar-refractivity contribution in [2.75, 3.05) is 36.2 Å². The van der Waals surface area contributed by atoms with Crippen LogP contribution >= 0.6 is 11.8 Å². The van der Waals surface area contributed by atoms with Gasteiger partial charge in [0.25, 0.3) is 0 Å². The molecule has 1 unspecified atom stereocenters. The van der Waals surface area contributed by atoms with Crippen LogP contribution in [0.15, 0.2) is 47.4 Å². The lowest BCUT2D eigenvalue weighted by Crippen LogP contribution is -2.27. The molecule has 1 heterocycles. The number of hydrogen-bond acceptors (Lipinski definition) is 7. The maximum absolute atomic E-state index is 12.6. The standard InChI is InChI=1S/C24H26N2O6S/c1-4-31-19-8-6-18(7-9-19)26-13-17(12-23(26)29)24(30)32-14-21(28)16-5-10-22(33-3)20(11-16)25-15(2)27/h5-11,17H,4,12-14H2,1-3H3,(H,25,27). The number of hydrogen-bond donors (Lipinski definition) is 1. The summed E-state index contributed by atoms with van der Waals surface area (Å²) in [6, 6.07) is 12.0. The highest BCUT2D eigenvalue weighted by molar-refractivity contribution is 7.98. The van der Waals surface area contributed by atoms with Crippen LogP contribution in [0.2, 0.25) is 0 Å². The van der Waals surface area contributed by atoms with Gasteiger partial charge in [-0.05, 0) is 49.6 Å². The average molecular weight is 471 g/mol. The summed E-state index contributed by atoms with van der Waals surface area (Å²) in [5.41, 5.74) is 1.52. The van der Waals surface area contributed by atoms with Gasteiger partial charge in [0, 0.05) is 36.0 Å². The first-order valence-electron chi connectivity index (χ1n) is 10.5. The quantitative estimate of drug-likeness (QED) is 0.340. The Hall–Kier alpha value is -3.33. The van der Waals surface area contributed by atoms with E-state index in [0.717, 1.165) is 4.90 Å². The Labute approximate surface area is 196 Å². The third-order valence-corrected chi connectivity index (χ3v) is 5.89. The lowest BCUT2D eigenvalue weighted by molar-refractivity contribution is -0.147. The molecular formula is C24H26N2O6S. The molecule has 1 saturated heterocycles. The monoisotopic (exact) mass is 470 g/mol. The Morgan fingerprint density at radius 1 is 1.15 bits per heavy atom. The van der Waals surface area contributed by atoms with Crippen molar-refractivity contribution in [1.82, 2.24) is 0 Å². The molecule has 1 aliphatic heterocycles. The fourth-order valence-electron chi connectivity index (χ4n) is 3.51. The molecule has 174 valence electrons. The molecule has 0 radical (unpaired) electrons. The largest absolute Gasteiger partial charge is 0.494 e. The van der Waals surface area contributed by atoms with Gasteiger partial charge >= 0.3 is 5.97 Å². The highest BCUT2D eigenvalue weighted by Gasteiger charge is 2.36. The zero-order valence-electron chi connectivity index (χ0n) is 18.8. The Kier molecular flexibility index (Phi) is 8.11. The number of Topliss-reactive ketones (excluding diaryl/α,β-unsaturated/α-hetero) is 1. The molecule has 1 aliphatic rings. The Morgan fingerprint density at radius 2 is 1.88 bits per heavy atom. The molecule has 0 aliphatic carbocycles. The molecule has 2 aromatic rings. The van der Waals surface area contributed by atoms with Gasteiger partial charge in [0.1, 0.15) is 5.75 Å². The number of thioether (sulfide) groups is 1. The van der Waals surface area contributed by atoms with Crippen molar-refractivity contribution in [1.29, 1.82) is 0 Å². The van der Waals surface area contributed by atoms with Crippen LogP contribution in [0.3, 0.4) is 0 Å². The maximum atomic E-state index is 12.6. The highest BCUT2D eigenvalue weighted by Crippen LogP contribution is 2.28. The smallest absolute Gasteiger partial charge is 0.311 e. The summed E-state index contributed by atoms with van der Waals surface area (Å²) in [5.74, 6) is -1.35. The van der Waals surface area contributed by atoms with Crippen LogP contribution in [0.5, 0.6) is 5.75 Å². The van der Waals surface area contributed by atoms with E-state index in [0.29, 0.717) is 29.3 Å². The molecule has 1 fully saturated rings. The zero-order chi connectivity index (χ0) is 24.0. The van der Waals surface area contributed by atoms with E-state index >= 15 is 0 Å². The van der Waals surface area contributed by atoms with Crippen molar-refractivity contribution >= 4 is 46.7 Å². The zero-order valence-corrected chi connectivity index (χ0v) is 19.6. The SMILES string of the molecule is CCOc1ccc(N2CC(C(=O)OCC(=O)c3ccc(SC)c(NC(C)=O)c3)CC2=O)cc1. The fraction of sp³-hybridized carbons (Fsp3) is 0.333. The van der Waals surface area contributed by atoms with Crippen LogP contribution in [-0.2, 0) is 19.1 Å². The van der Waals surface area contributed by atoms with Crippen molar-refractivity contribution in [2.24, 2.45) is 5.92 Å². The van der Waals surface area contributed by atoms with E-state index in [4.69, 9.17) is 9.47 Å². The molecule has 0 bridgehead atoms. The van der Waals surface area contributed by atoms with Crippen molar-refractivity contribution in [3.05, 3.63) is 48.0 Å². The molecule has 33 heavy (non-hydrogen) atoms. The molecule has 8 nitrogen and oxygen atoms in total. The predicted octanol–water partition coefficient (Wildman–Crippen LogP) is 3.54. The lowest BCUT2D eigenvalue weighted by Gasteiger charge is -2.17. The molecule has 0 saturated carbocycles. The van der Waals surface area contributed by atoms with Crippen LogP contribution in [-0.4, -0.2) is 49.6 Å². The first-order valence-corrected chi connectivity index (χ1v) is 11.7. The van der Waals surface area contributed by atoms with Crippen molar-refractivity contribution < 1.29 is 28.7 Å². The topological polar surface area (TPSA) is 102 Å². The summed E-state index contributed by atoms with van der Waals surface area (Å²) in [5, 5.41) is 2.69. The minimum Gasteiger partial charge on any atom is -0.494 e. The first kappa shape index (κ1) is 24.3. The number of esters is 1. The number of rotatable bonds is 9. The van der Waals surface area contributed by atoms with Crippen LogP contribution in [0.1, 0.15) is 30.6 Å². The third-order valence-electron chi connectivity index (χ3n) is 5.10. The van der Waals surface area contributed by atoms with E-state index in [-0.39, 0.29) is 24.8 Å². The molecule has 9 heteroatoms.